The number of aromatic carboxylic acids is 1. The van der Waals surface area contributed by atoms with E-state index in [9.17, 15) is 24.6 Å². The van der Waals surface area contributed by atoms with Gasteiger partial charge >= 0.3 is 11.9 Å². The van der Waals surface area contributed by atoms with Gasteiger partial charge in [0, 0.05) is 40.7 Å². The summed E-state index contributed by atoms with van der Waals surface area (Å²) in [7, 11) is 0. The third-order valence-electron chi connectivity index (χ3n) is 6.91. The van der Waals surface area contributed by atoms with E-state index >= 15 is 0 Å². The second kappa shape index (κ2) is 14.3. The maximum atomic E-state index is 12.2. The Morgan fingerprint density at radius 1 is 0.878 bits per heavy atom. The van der Waals surface area contributed by atoms with Crippen LogP contribution in [0.4, 0.5) is 5.69 Å². The first-order valence-electron chi connectivity index (χ1n) is 13.3. The molecular weight excluding hydrogens is 546 g/mol. The summed E-state index contributed by atoms with van der Waals surface area (Å²) in [5.74, 6) is -1.75. The van der Waals surface area contributed by atoms with Crippen LogP contribution in [-0.4, -0.2) is 45.0 Å². The Balaban J connectivity index is 1.51. The number of aliphatic carboxylic acids is 1. The Morgan fingerprint density at radius 2 is 1.56 bits per heavy atom. The highest BCUT2D eigenvalue weighted by molar-refractivity contribution is 7.99. The Morgan fingerprint density at radius 3 is 2.22 bits per heavy atom. The van der Waals surface area contributed by atoms with E-state index in [1.165, 1.54) is 11.8 Å². The van der Waals surface area contributed by atoms with Gasteiger partial charge in [-0.05, 0) is 41.8 Å². The molecule has 0 aromatic heterocycles. The van der Waals surface area contributed by atoms with Crippen LogP contribution in [0.3, 0.4) is 0 Å². The van der Waals surface area contributed by atoms with Crippen LogP contribution >= 0.6 is 11.8 Å². The largest absolute Gasteiger partial charge is 0.481 e. The molecule has 4 atom stereocenters. The molecule has 3 aromatic rings. The Hall–Kier alpha value is -3.70. The van der Waals surface area contributed by atoms with Gasteiger partial charge in [0.15, 0.2) is 6.29 Å². The molecule has 4 rings (SSSR count). The molecule has 0 bridgehead atoms. The topological polar surface area (TPSA) is 142 Å². The van der Waals surface area contributed by atoms with Crippen LogP contribution in [0.25, 0.3) is 0 Å². The van der Waals surface area contributed by atoms with Crippen molar-refractivity contribution in [3.63, 3.8) is 0 Å². The summed E-state index contributed by atoms with van der Waals surface area (Å²) in [5, 5.41) is 30.6. The SMILES string of the molecule is C[C@H]1[C@@H](CSc2ccccc2C(=O)O)O[C@@H](c2ccc(NC(=O)CCCC(=O)O)cc2)O[C@H]1c1ccc(CO)cc1. The number of hydrogen-bond donors (Lipinski definition) is 4. The maximum Gasteiger partial charge on any atom is 0.336 e. The smallest absolute Gasteiger partial charge is 0.336 e. The Labute approximate surface area is 242 Å². The van der Waals surface area contributed by atoms with Crippen molar-refractivity contribution in [1.82, 2.24) is 0 Å². The predicted octanol–water partition coefficient (Wildman–Crippen LogP) is 5.65. The molecule has 1 aliphatic heterocycles. The molecule has 1 aliphatic rings. The maximum absolute atomic E-state index is 12.2. The number of nitrogens with one attached hydrogen (secondary N) is 1. The lowest BCUT2D eigenvalue weighted by Gasteiger charge is -2.41. The zero-order valence-corrected chi connectivity index (χ0v) is 23.4. The fraction of sp³-hybridized carbons (Fsp3) is 0.323. The number of anilines is 1. The standard InChI is InChI=1S/C31H33NO8S/c1-19-25(18-41-26-6-3-2-5-24(26)30(37)38)39-31(40-29(19)21-11-9-20(17-33)10-12-21)22-13-15-23(16-14-22)32-27(34)7-4-8-28(35)36/h2-3,5-6,9-16,19,25,29,31,33H,4,7-8,17-18H2,1H3,(H,32,34)(H,35,36)(H,37,38)/t19-,25+,29+,31+/m0/s1. The molecule has 0 radical (unpaired) electrons. The summed E-state index contributed by atoms with van der Waals surface area (Å²) in [6.45, 7) is 1.98. The van der Waals surface area contributed by atoms with E-state index in [1.54, 1.807) is 30.3 Å². The van der Waals surface area contributed by atoms with E-state index in [0.717, 1.165) is 16.7 Å². The molecule has 3 aromatic carbocycles. The lowest BCUT2D eigenvalue weighted by Crippen LogP contribution is -2.38. The minimum absolute atomic E-state index is 0.0577. The van der Waals surface area contributed by atoms with Crippen molar-refractivity contribution in [3.05, 3.63) is 95.1 Å². The first-order valence-corrected chi connectivity index (χ1v) is 14.3. The van der Waals surface area contributed by atoms with Crippen LogP contribution in [0.1, 0.15) is 65.6 Å². The number of carbonyl (C=O) groups is 3. The number of ether oxygens (including phenoxy) is 2. The number of thioether (sulfide) groups is 1. The molecule has 10 heteroatoms. The van der Waals surface area contributed by atoms with Gasteiger partial charge in [0.2, 0.25) is 5.91 Å². The molecule has 1 fully saturated rings. The molecule has 0 unspecified atom stereocenters. The number of carboxylic acid groups (broad SMARTS) is 2. The quantitative estimate of drug-likeness (QED) is 0.200. The van der Waals surface area contributed by atoms with Crippen molar-refractivity contribution in [3.8, 4) is 0 Å². The van der Waals surface area contributed by atoms with E-state index in [0.29, 0.717) is 16.3 Å². The number of carboxylic acids is 2. The average Bonchev–Trinajstić information content (AvgIpc) is 2.97. The summed E-state index contributed by atoms with van der Waals surface area (Å²) in [4.78, 5) is 35.2. The van der Waals surface area contributed by atoms with Crippen LogP contribution in [0.2, 0.25) is 0 Å². The first kappa shape index (κ1) is 30.3. The molecule has 216 valence electrons. The van der Waals surface area contributed by atoms with Gasteiger partial charge in [-0.25, -0.2) is 4.79 Å². The highest BCUT2D eigenvalue weighted by atomic mass is 32.2. The number of carbonyl (C=O) groups excluding carboxylic acids is 1. The number of hydrogen-bond acceptors (Lipinski definition) is 7. The van der Waals surface area contributed by atoms with E-state index < -0.39 is 18.2 Å². The van der Waals surface area contributed by atoms with Gasteiger partial charge in [-0.2, -0.15) is 0 Å². The number of aliphatic hydroxyl groups is 1. The molecule has 1 amide bonds. The van der Waals surface area contributed by atoms with Gasteiger partial charge in [0.05, 0.1) is 24.4 Å². The second-order valence-corrected chi connectivity index (χ2v) is 10.9. The lowest BCUT2D eigenvalue weighted by molar-refractivity contribution is -0.268. The van der Waals surface area contributed by atoms with E-state index in [4.69, 9.17) is 14.6 Å². The Bertz CT molecular complexity index is 1340. The molecule has 0 saturated carbocycles. The van der Waals surface area contributed by atoms with Crippen molar-refractivity contribution < 1.29 is 39.2 Å². The summed E-state index contributed by atoms with van der Waals surface area (Å²) in [6.07, 6.45) is -1.01. The molecular formula is C31H33NO8S. The number of benzene rings is 3. The molecule has 0 spiro atoms. The van der Waals surface area contributed by atoms with Gasteiger partial charge < -0.3 is 30.1 Å². The minimum atomic E-state index is -0.983. The average molecular weight is 580 g/mol. The van der Waals surface area contributed by atoms with E-state index in [-0.39, 0.29) is 55.5 Å². The molecule has 1 saturated heterocycles. The zero-order chi connectivity index (χ0) is 29.4. The number of aliphatic hydroxyl groups excluding tert-OH is 1. The van der Waals surface area contributed by atoms with Gasteiger partial charge in [-0.3, -0.25) is 9.59 Å². The van der Waals surface area contributed by atoms with Crippen molar-refractivity contribution in [2.24, 2.45) is 5.92 Å². The van der Waals surface area contributed by atoms with Crippen LogP contribution < -0.4 is 5.32 Å². The summed E-state index contributed by atoms with van der Waals surface area (Å²) in [6, 6.07) is 21.6. The molecule has 9 nitrogen and oxygen atoms in total. The van der Waals surface area contributed by atoms with Gasteiger partial charge in [-0.1, -0.05) is 55.5 Å². The molecule has 1 heterocycles. The summed E-state index contributed by atoms with van der Waals surface area (Å²) in [5.41, 5.74) is 3.30. The zero-order valence-electron chi connectivity index (χ0n) is 22.6. The first-order chi connectivity index (χ1) is 19.7. The fourth-order valence-electron chi connectivity index (χ4n) is 4.60. The molecule has 4 N–H and O–H groups in total. The molecule has 0 aliphatic carbocycles. The van der Waals surface area contributed by atoms with Crippen LogP contribution in [-0.2, 0) is 25.7 Å². The third-order valence-corrected chi connectivity index (χ3v) is 8.07. The number of amides is 1. The van der Waals surface area contributed by atoms with Crippen LogP contribution in [0.5, 0.6) is 0 Å². The van der Waals surface area contributed by atoms with Crippen molar-refractivity contribution in [2.45, 2.75) is 56.2 Å². The lowest BCUT2D eigenvalue weighted by atomic mass is 9.91. The highest BCUT2D eigenvalue weighted by Crippen LogP contribution is 2.43. The van der Waals surface area contributed by atoms with Crippen molar-refractivity contribution >= 4 is 35.3 Å². The number of rotatable bonds is 12. The van der Waals surface area contributed by atoms with Gasteiger partial charge in [0.25, 0.3) is 0 Å². The predicted molar refractivity (Wildman–Crippen MR) is 154 cm³/mol. The fourth-order valence-corrected chi connectivity index (χ4v) is 5.81. The van der Waals surface area contributed by atoms with E-state index in [1.807, 2.05) is 49.4 Å². The third kappa shape index (κ3) is 8.17. The highest BCUT2D eigenvalue weighted by Gasteiger charge is 2.38. The second-order valence-electron chi connectivity index (χ2n) is 9.85. The van der Waals surface area contributed by atoms with E-state index in [2.05, 4.69) is 5.32 Å². The summed E-state index contributed by atoms with van der Waals surface area (Å²) >= 11 is 1.42. The normalized spacial score (nSPS) is 20.3. The van der Waals surface area contributed by atoms with Crippen LogP contribution in [0, 0.1) is 5.92 Å². The minimum Gasteiger partial charge on any atom is -0.481 e. The van der Waals surface area contributed by atoms with Crippen molar-refractivity contribution in [2.75, 3.05) is 11.1 Å². The summed E-state index contributed by atoms with van der Waals surface area (Å²) < 4.78 is 12.9. The van der Waals surface area contributed by atoms with Crippen LogP contribution in [0.15, 0.2) is 77.7 Å². The van der Waals surface area contributed by atoms with Gasteiger partial charge in [-0.15, -0.1) is 11.8 Å². The Kier molecular flexibility index (Phi) is 10.5. The monoisotopic (exact) mass is 579 g/mol. The van der Waals surface area contributed by atoms with Crippen molar-refractivity contribution in [1.29, 1.82) is 0 Å². The molecule has 41 heavy (non-hydrogen) atoms. The van der Waals surface area contributed by atoms with Gasteiger partial charge in [0.1, 0.15) is 0 Å².